The van der Waals surface area contributed by atoms with Crippen molar-refractivity contribution >= 4 is 17.8 Å². The summed E-state index contributed by atoms with van der Waals surface area (Å²) in [6.45, 7) is 2.20. The third-order valence-corrected chi connectivity index (χ3v) is 3.55. The molecule has 0 aliphatic carbocycles. The Bertz CT molecular complexity index is 357. The number of primary amides is 1. The Labute approximate surface area is 162 Å². The standard InChI is InChI=1S/C16H30N2O4.Na.H/c1-2-3-4-5-6-7-8-9-10-11-15(20)18-13(16(21)22)12-14(17)19;;/h13H,2-12H2,1H3,(H2,17,19)(H,18,20)(H,21,22);;/q;+1;-1/t13-;;/m0../s1. The Kier molecular flexibility index (Phi) is 17.4. The Hall–Kier alpha value is -0.590. The number of amides is 2. The molecule has 23 heavy (non-hydrogen) atoms. The number of carbonyl (C=O) groups is 3. The van der Waals surface area contributed by atoms with E-state index in [0.29, 0.717) is 6.42 Å². The van der Waals surface area contributed by atoms with Crippen molar-refractivity contribution in [2.45, 2.75) is 83.6 Å². The zero-order valence-corrected chi connectivity index (χ0v) is 16.6. The molecule has 0 heterocycles. The number of rotatable bonds is 14. The minimum absolute atomic E-state index is 0. The van der Waals surface area contributed by atoms with E-state index in [1.165, 1.54) is 38.5 Å². The molecule has 0 aromatic heterocycles. The van der Waals surface area contributed by atoms with Crippen molar-refractivity contribution in [1.29, 1.82) is 0 Å². The van der Waals surface area contributed by atoms with E-state index in [9.17, 15) is 14.4 Å². The molecule has 4 N–H and O–H groups in total. The van der Waals surface area contributed by atoms with Gasteiger partial charge in [0.15, 0.2) is 0 Å². The van der Waals surface area contributed by atoms with E-state index < -0.39 is 17.9 Å². The second-order valence-corrected chi connectivity index (χ2v) is 5.71. The summed E-state index contributed by atoms with van der Waals surface area (Å²) in [7, 11) is 0. The quantitative estimate of drug-likeness (QED) is 0.292. The number of carboxylic acid groups (broad SMARTS) is 1. The fraction of sp³-hybridized carbons (Fsp3) is 0.812. The molecule has 7 heteroatoms. The van der Waals surface area contributed by atoms with E-state index in [1.54, 1.807) is 0 Å². The van der Waals surface area contributed by atoms with Gasteiger partial charge in [0.1, 0.15) is 6.04 Å². The second kappa shape index (κ2) is 16.3. The first-order valence-electron chi connectivity index (χ1n) is 8.27. The van der Waals surface area contributed by atoms with Crippen LogP contribution in [0.4, 0.5) is 0 Å². The van der Waals surface area contributed by atoms with Crippen LogP contribution in [-0.2, 0) is 14.4 Å². The van der Waals surface area contributed by atoms with Gasteiger partial charge in [-0.15, -0.1) is 0 Å². The first-order valence-corrected chi connectivity index (χ1v) is 8.27. The molecule has 0 aromatic rings. The Morgan fingerprint density at radius 3 is 1.91 bits per heavy atom. The van der Waals surface area contributed by atoms with E-state index >= 15 is 0 Å². The molecule has 0 saturated carbocycles. The number of nitrogens with one attached hydrogen (secondary N) is 1. The third kappa shape index (κ3) is 16.1. The number of aliphatic carboxylic acids is 1. The van der Waals surface area contributed by atoms with Gasteiger partial charge < -0.3 is 17.6 Å². The van der Waals surface area contributed by atoms with Crippen molar-refractivity contribution in [3.05, 3.63) is 0 Å². The maximum absolute atomic E-state index is 11.6. The molecule has 0 fully saturated rings. The van der Waals surface area contributed by atoms with Gasteiger partial charge in [-0.25, -0.2) is 4.79 Å². The van der Waals surface area contributed by atoms with Crippen LogP contribution < -0.4 is 40.6 Å². The SMILES string of the molecule is CCCCCCCCCCCC(=O)N[C@@H](CC(N)=O)C(=O)O.[H-].[Na+]. The zero-order chi connectivity index (χ0) is 16.8. The summed E-state index contributed by atoms with van der Waals surface area (Å²) < 4.78 is 0. The number of hydrogen-bond acceptors (Lipinski definition) is 3. The Morgan fingerprint density at radius 2 is 1.48 bits per heavy atom. The van der Waals surface area contributed by atoms with Gasteiger partial charge >= 0.3 is 35.5 Å². The van der Waals surface area contributed by atoms with Crippen LogP contribution in [0.2, 0.25) is 0 Å². The molecular weight excluding hydrogens is 307 g/mol. The summed E-state index contributed by atoms with van der Waals surface area (Å²) >= 11 is 0. The van der Waals surface area contributed by atoms with E-state index in [1.807, 2.05) is 0 Å². The largest absolute Gasteiger partial charge is 1.00 e. The van der Waals surface area contributed by atoms with E-state index in [-0.39, 0.29) is 43.3 Å². The van der Waals surface area contributed by atoms with E-state index in [4.69, 9.17) is 10.8 Å². The van der Waals surface area contributed by atoms with Crippen molar-refractivity contribution in [3.8, 4) is 0 Å². The van der Waals surface area contributed by atoms with Gasteiger partial charge in [-0.3, -0.25) is 9.59 Å². The monoisotopic (exact) mass is 338 g/mol. The van der Waals surface area contributed by atoms with Crippen LogP contribution in [-0.4, -0.2) is 28.9 Å². The molecule has 0 rings (SSSR count). The average Bonchev–Trinajstić information content (AvgIpc) is 2.44. The number of hydrogen-bond donors (Lipinski definition) is 3. The second-order valence-electron chi connectivity index (χ2n) is 5.71. The predicted octanol–water partition coefficient (Wildman–Crippen LogP) is -0.531. The van der Waals surface area contributed by atoms with Gasteiger partial charge in [0.2, 0.25) is 11.8 Å². The minimum Gasteiger partial charge on any atom is -1.00 e. The molecule has 6 nitrogen and oxygen atoms in total. The summed E-state index contributed by atoms with van der Waals surface area (Å²) in [5.41, 5.74) is 4.95. The number of carboxylic acids is 1. The summed E-state index contributed by atoms with van der Waals surface area (Å²) in [6, 6.07) is -1.22. The van der Waals surface area contributed by atoms with Gasteiger partial charge in [0, 0.05) is 6.42 Å². The van der Waals surface area contributed by atoms with Crippen molar-refractivity contribution in [2.75, 3.05) is 0 Å². The van der Waals surface area contributed by atoms with Crippen LogP contribution >= 0.6 is 0 Å². The normalized spacial score (nSPS) is 11.3. The van der Waals surface area contributed by atoms with Crippen LogP contribution in [0.15, 0.2) is 0 Å². The molecule has 0 aromatic carbocycles. The van der Waals surface area contributed by atoms with Crippen molar-refractivity contribution in [2.24, 2.45) is 5.73 Å². The molecular formula is C16H31N2NaO4. The van der Waals surface area contributed by atoms with Gasteiger partial charge in [0.05, 0.1) is 6.42 Å². The van der Waals surface area contributed by atoms with E-state index in [0.717, 1.165) is 19.3 Å². The van der Waals surface area contributed by atoms with Crippen LogP contribution in [0, 0.1) is 0 Å². The van der Waals surface area contributed by atoms with Crippen LogP contribution in [0.3, 0.4) is 0 Å². The first kappa shape index (κ1) is 24.7. The molecule has 0 aliphatic heterocycles. The van der Waals surface area contributed by atoms with Crippen molar-refractivity contribution in [1.82, 2.24) is 5.32 Å². The fourth-order valence-electron chi connectivity index (χ4n) is 2.26. The molecule has 0 aliphatic rings. The minimum atomic E-state index is -1.24. The van der Waals surface area contributed by atoms with Gasteiger partial charge in [-0.05, 0) is 6.42 Å². The van der Waals surface area contributed by atoms with Crippen LogP contribution in [0.25, 0.3) is 0 Å². The summed E-state index contributed by atoms with van der Waals surface area (Å²) in [6.07, 6.45) is 10.3. The molecule has 0 saturated heterocycles. The van der Waals surface area contributed by atoms with Gasteiger partial charge in [-0.1, -0.05) is 58.3 Å². The predicted molar refractivity (Wildman–Crippen MR) is 86.3 cm³/mol. The maximum atomic E-state index is 11.6. The van der Waals surface area contributed by atoms with Crippen LogP contribution in [0.1, 0.15) is 79.0 Å². The third-order valence-electron chi connectivity index (χ3n) is 3.55. The Morgan fingerprint density at radius 1 is 1.00 bits per heavy atom. The van der Waals surface area contributed by atoms with E-state index in [2.05, 4.69) is 12.2 Å². The molecule has 0 unspecified atom stereocenters. The molecule has 2 amide bonds. The molecule has 0 spiro atoms. The van der Waals surface area contributed by atoms with Crippen molar-refractivity contribution < 1.29 is 50.5 Å². The van der Waals surface area contributed by atoms with Crippen molar-refractivity contribution in [3.63, 3.8) is 0 Å². The van der Waals surface area contributed by atoms with Crippen LogP contribution in [0.5, 0.6) is 0 Å². The average molecular weight is 338 g/mol. The summed E-state index contributed by atoms with van der Waals surface area (Å²) in [4.78, 5) is 33.2. The number of nitrogens with two attached hydrogens (primary N) is 1. The van der Waals surface area contributed by atoms with Gasteiger partial charge in [-0.2, -0.15) is 0 Å². The fourth-order valence-corrected chi connectivity index (χ4v) is 2.26. The maximum Gasteiger partial charge on any atom is 1.00 e. The first-order chi connectivity index (χ1) is 10.5. The Balaban J connectivity index is -0.00000220. The smallest absolute Gasteiger partial charge is 1.00 e. The molecule has 130 valence electrons. The summed E-state index contributed by atoms with van der Waals surface area (Å²) in [5.74, 6) is -2.31. The number of carbonyl (C=O) groups excluding carboxylic acids is 2. The number of unbranched alkanes of at least 4 members (excludes halogenated alkanes) is 8. The van der Waals surface area contributed by atoms with Gasteiger partial charge in [0.25, 0.3) is 0 Å². The molecule has 0 radical (unpaired) electrons. The summed E-state index contributed by atoms with van der Waals surface area (Å²) in [5, 5.41) is 11.2. The topological polar surface area (TPSA) is 109 Å². The molecule has 1 atom stereocenters. The zero-order valence-electron chi connectivity index (χ0n) is 15.6. The molecule has 0 bridgehead atoms.